The topological polar surface area (TPSA) is 70.2 Å². The van der Waals surface area contributed by atoms with Gasteiger partial charge in [-0.15, -0.1) is 12.4 Å². The van der Waals surface area contributed by atoms with E-state index in [9.17, 15) is 9.59 Å². The van der Waals surface area contributed by atoms with E-state index in [1.165, 1.54) is 0 Å². The molecule has 2 rings (SSSR count). The largest absolute Gasteiger partial charge is 0.350 e. The molecule has 0 saturated carbocycles. The average molecular weight is 358 g/mol. The molecule has 1 saturated heterocycles. The molecule has 0 bridgehead atoms. The third kappa shape index (κ3) is 6.41. The van der Waals surface area contributed by atoms with E-state index < -0.39 is 0 Å². The van der Waals surface area contributed by atoms with Crippen LogP contribution in [0.3, 0.4) is 0 Å². The molecule has 2 amide bonds. The summed E-state index contributed by atoms with van der Waals surface area (Å²) in [6.45, 7) is 4.76. The molecular weight excluding hydrogens is 334 g/mol. The quantitative estimate of drug-likeness (QED) is 0.756. The Morgan fingerprint density at radius 3 is 2.74 bits per heavy atom. The smallest absolute Gasteiger partial charge is 0.253 e. The third-order valence-electron chi connectivity index (χ3n) is 3.30. The Morgan fingerprint density at radius 2 is 2.09 bits per heavy atom. The van der Waals surface area contributed by atoms with E-state index in [0.29, 0.717) is 17.7 Å². The van der Waals surface area contributed by atoms with E-state index >= 15 is 0 Å². The molecular formula is C16H24ClN3O2S. The van der Waals surface area contributed by atoms with Crippen molar-refractivity contribution in [2.45, 2.75) is 32.4 Å². The first kappa shape index (κ1) is 19.8. The van der Waals surface area contributed by atoms with Crippen LogP contribution in [0.25, 0.3) is 0 Å². The molecule has 1 aromatic rings. The maximum absolute atomic E-state index is 12.2. The second-order valence-corrected chi connectivity index (χ2v) is 6.80. The zero-order chi connectivity index (χ0) is 15.9. The lowest BCUT2D eigenvalue weighted by atomic mass is 10.1. The van der Waals surface area contributed by atoms with E-state index in [0.717, 1.165) is 18.1 Å². The number of anilines is 1. The second kappa shape index (κ2) is 9.80. The van der Waals surface area contributed by atoms with Crippen LogP contribution >= 0.6 is 24.2 Å². The summed E-state index contributed by atoms with van der Waals surface area (Å²) in [5.74, 6) is 1.81. The van der Waals surface area contributed by atoms with Crippen molar-refractivity contribution in [3.05, 3.63) is 29.8 Å². The summed E-state index contributed by atoms with van der Waals surface area (Å²) in [6, 6.07) is 7.36. The summed E-state index contributed by atoms with van der Waals surface area (Å²) in [5.41, 5.74) is 1.06. The monoisotopic (exact) mass is 357 g/mol. The predicted molar refractivity (Wildman–Crippen MR) is 98.7 cm³/mol. The second-order valence-electron chi connectivity index (χ2n) is 5.65. The lowest BCUT2D eigenvalue weighted by Gasteiger charge is -2.22. The highest BCUT2D eigenvalue weighted by molar-refractivity contribution is 7.99. The molecule has 3 N–H and O–H groups in total. The van der Waals surface area contributed by atoms with E-state index in [1.807, 2.05) is 31.7 Å². The molecule has 0 radical (unpaired) electrons. The van der Waals surface area contributed by atoms with Crippen molar-refractivity contribution < 1.29 is 9.59 Å². The van der Waals surface area contributed by atoms with Gasteiger partial charge in [0.15, 0.2) is 0 Å². The lowest BCUT2D eigenvalue weighted by molar-refractivity contribution is -0.116. The fraction of sp³-hybridized carbons (Fsp3) is 0.500. The minimum atomic E-state index is -0.169. The lowest BCUT2D eigenvalue weighted by Crippen LogP contribution is -2.40. The first-order valence-corrected chi connectivity index (χ1v) is 8.72. The number of carbonyl (C=O) groups excluding carboxylic acids is 2. The SMILES string of the molecule is CC(C)NC(=O)c1ccccc1NC(=O)CC1CSCCN1.Cl. The van der Waals surface area contributed by atoms with E-state index in [-0.39, 0.29) is 36.3 Å². The molecule has 5 nitrogen and oxygen atoms in total. The van der Waals surface area contributed by atoms with E-state index in [2.05, 4.69) is 16.0 Å². The van der Waals surface area contributed by atoms with Gasteiger partial charge in [-0.25, -0.2) is 0 Å². The van der Waals surface area contributed by atoms with Gasteiger partial charge in [-0.1, -0.05) is 12.1 Å². The standard InChI is InChI=1S/C16H23N3O2S.ClH/c1-11(2)18-16(21)13-5-3-4-6-14(13)19-15(20)9-12-10-22-8-7-17-12;/h3-6,11-12,17H,7-10H2,1-2H3,(H,18,21)(H,19,20);1H. The molecule has 1 fully saturated rings. The number of thioether (sulfide) groups is 1. The number of para-hydroxylation sites is 1. The van der Waals surface area contributed by atoms with Crippen LogP contribution in [0.1, 0.15) is 30.6 Å². The van der Waals surface area contributed by atoms with Crippen molar-refractivity contribution in [2.75, 3.05) is 23.4 Å². The van der Waals surface area contributed by atoms with Crippen LogP contribution in [0, 0.1) is 0 Å². The van der Waals surface area contributed by atoms with Gasteiger partial charge in [-0.3, -0.25) is 9.59 Å². The number of carbonyl (C=O) groups is 2. The normalized spacial score (nSPS) is 17.3. The summed E-state index contributed by atoms with van der Waals surface area (Å²) in [6.07, 6.45) is 0.424. The number of nitrogens with one attached hydrogen (secondary N) is 3. The maximum Gasteiger partial charge on any atom is 0.253 e. The third-order valence-corrected chi connectivity index (χ3v) is 4.43. The Bertz CT molecular complexity index is 534. The van der Waals surface area contributed by atoms with Gasteiger partial charge in [-0.05, 0) is 26.0 Å². The highest BCUT2D eigenvalue weighted by Gasteiger charge is 2.18. The molecule has 1 aromatic carbocycles. The van der Waals surface area contributed by atoms with Gasteiger partial charge in [0.05, 0.1) is 11.3 Å². The first-order valence-electron chi connectivity index (χ1n) is 7.57. The van der Waals surface area contributed by atoms with Gasteiger partial charge in [0.1, 0.15) is 0 Å². The minimum absolute atomic E-state index is 0. The van der Waals surface area contributed by atoms with Crippen LogP contribution in [0.2, 0.25) is 0 Å². The predicted octanol–water partition coefficient (Wildman–Crippen LogP) is 2.28. The molecule has 1 aliphatic rings. The van der Waals surface area contributed by atoms with Gasteiger partial charge >= 0.3 is 0 Å². The van der Waals surface area contributed by atoms with Crippen LogP contribution < -0.4 is 16.0 Å². The molecule has 1 aliphatic heterocycles. The summed E-state index contributed by atoms with van der Waals surface area (Å²) >= 11 is 1.86. The number of rotatable bonds is 5. The Hall–Kier alpha value is -1.24. The molecule has 128 valence electrons. The Kier molecular flexibility index (Phi) is 8.44. The van der Waals surface area contributed by atoms with Crippen LogP contribution in [0.5, 0.6) is 0 Å². The van der Waals surface area contributed by atoms with Crippen LogP contribution in [-0.4, -0.2) is 41.9 Å². The molecule has 7 heteroatoms. The average Bonchev–Trinajstić information content (AvgIpc) is 2.48. The molecule has 0 aromatic heterocycles. The molecule has 0 aliphatic carbocycles. The van der Waals surface area contributed by atoms with Crippen LogP contribution in [-0.2, 0) is 4.79 Å². The number of halogens is 1. The van der Waals surface area contributed by atoms with Crippen LogP contribution in [0.4, 0.5) is 5.69 Å². The fourth-order valence-corrected chi connectivity index (χ4v) is 3.25. The van der Waals surface area contributed by atoms with Crippen molar-refractivity contribution >= 4 is 41.7 Å². The first-order chi connectivity index (χ1) is 10.6. The zero-order valence-electron chi connectivity index (χ0n) is 13.4. The summed E-state index contributed by atoms with van der Waals surface area (Å²) in [7, 11) is 0. The van der Waals surface area contributed by atoms with E-state index in [4.69, 9.17) is 0 Å². The summed E-state index contributed by atoms with van der Waals surface area (Å²) in [4.78, 5) is 24.4. The molecule has 1 heterocycles. The summed E-state index contributed by atoms with van der Waals surface area (Å²) in [5, 5.41) is 9.05. The molecule has 0 spiro atoms. The molecule has 1 atom stereocenters. The Balaban J connectivity index is 0.00000264. The Morgan fingerprint density at radius 1 is 1.35 bits per heavy atom. The summed E-state index contributed by atoms with van der Waals surface area (Å²) < 4.78 is 0. The highest BCUT2D eigenvalue weighted by atomic mass is 35.5. The number of amides is 2. The highest BCUT2D eigenvalue weighted by Crippen LogP contribution is 2.17. The molecule has 23 heavy (non-hydrogen) atoms. The Labute approximate surface area is 147 Å². The van der Waals surface area contributed by atoms with Crippen molar-refractivity contribution in [1.82, 2.24) is 10.6 Å². The van der Waals surface area contributed by atoms with Crippen molar-refractivity contribution in [2.24, 2.45) is 0 Å². The van der Waals surface area contributed by atoms with Gasteiger partial charge in [0, 0.05) is 36.6 Å². The molecule has 1 unspecified atom stereocenters. The van der Waals surface area contributed by atoms with Crippen molar-refractivity contribution in [3.8, 4) is 0 Å². The fourth-order valence-electron chi connectivity index (χ4n) is 2.31. The minimum Gasteiger partial charge on any atom is -0.350 e. The maximum atomic E-state index is 12.2. The van der Waals surface area contributed by atoms with Gasteiger partial charge < -0.3 is 16.0 Å². The van der Waals surface area contributed by atoms with Crippen molar-refractivity contribution in [1.29, 1.82) is 0 Å². The van der Waals surface area contributed by atoms with Crippen molar-refractivity contribution in [3.63, 3.8) is 0 Å². The van der Waals surface area contributed by atoms with Gasteiger partial charge in [-0.2, -0.15) is 11.8 Å². The zero-order valence-corrected chi connectivity index (χ0v) is 15.1. The van der Waals surface area contributed by atoms with Crippen LogP contribution in [0.15, 0.2) is 24.3 Å². The number of hydrogen-bond donors (Lipinski definition) is 3. The van der Waals surface area contributed by atoms with E-state index in [1.54, 1.807) is 18.2 Å². The number of hydrogen-bond acceptors (Lipinski definition) is 4. The van der Waals surface area contributed by atoms with Gasteiger partial charge in [0.2, 0.25) is 5.91 Å². The number of benzene rings is 1. The van der Waals surface area contributed by atoms with Gasteiger partial charge in [0.25, 0.3) is 5.91 Å².